The molecule has 6 heteroatoms. The number of carbonyl (C=O) groups excluding carboxylic acids is 1. The van der Waals surface area contributed by atoms with Gasteiger partial charge in [0.25, 0.3) is 0 Å². The molecule has 28 heavy (non-hydrogen) atoms. The molecule has 0 bridgehead atoms. The van der Waals surface area contributed by atoms with Gasteiger partial charge in [-0.2, -0.15) is 0 Å². The Hall–Kier alpha value is -2.60. The summed E-state index contributed by atoms with van der Waals surface area (Å²) in [6, 6.07) is 10.4. The normalized spacial score (nSPS) is 10.9. The minimum Gasteiger partial charge on any atom is -0.325 e. The first-order valence-corrected chi connectivity index (χ1v) is 10.2. The van der Waals surface area contributed by atoms with E-state index >= 15 is 0 Å². The minimum atomic E-state index is -0.0488. The molecule has 0 atom stereocenters. The molecule has 3 aromatic rings. The molecule has 0 fully saturated rings. The number of aryl methyl sites for hydroxylation is 6. The van der Waals surface area contributed by atoms with Gasteiger partial charge in [0.1, 0.15) is 5.82 Å². The summed E-state index contributed by atoms with van der Waals surface area (Å²) in [5.41, 5.74) is 7.70. The highest BCUT2D eigenvalue weighted by Crippen LogP contribution is 2.25. The van der Waals surface area contributed by atoms with Crippen LogP contribution in [0.3, 0.4) is 0 Å². The van der Waals surface area contributed by atoms with Gasteiger partial charge >= 0.3 is 0 Å². The first-order chi connectivity index (χ1) is 13.3. The van der Waals surface area contributed by atoms with Gasteiger partial charge < -0.3 is 5.32 Å². The molecule has 1 heterocycles. The van der Waals surface area contributed by atoms with E-state index in [1.165, 1.54) is 28.5 Å². The predicted octanol–water partition coefficient (Wildman–Crippen LogP) is 4.85. The third kappa shape index (κ3) is 4.28. The molecule has 1 amide bonds. The second-order valence-electron chi connectivity index (χ2n) is 7.24. The maximum Gasteiger partial charge on any atom is 0.234 e. The van der Waals surface area contributed by atoms with Gasteiger partial charge in [0.05, 0.1) is 5.75 Å². The molecule has 1 N–H and O–H groups in total. The molecule has 0 saturated heterocycles. The molecule has 1 aromatic heterocycles. The highest BCUT2D eigenvalue weighted by molar-refractivity contribution is 7.99. The van der Waals surface area contributed by atoms with Crippen LogP contribution in [0.4, 0.5) is 5.69 Å². The molecule has 146 valence electrons. The van der Waals surface area contributed by atoms with Crippen molar-refractivity contribution in [2.24, 2.45) is 0 Å². The van der Waals surface area contributed by atoms with Crippen molar-refractivity contribution in [3.63, 3.8) is 0 Å². The Balaban J connectivity index is 1.75. The molecule has 2 aromatic carbocycles. The number of carbonyl (C=O) groups is 1. The van der Waals surface area contributed by atoms with Crippen molar-refractivity contribution in [3.05, 3.63) is 64.0 Å². The maximum atomic E-state index is 12.5. The van der Waals surface area contributed by atoms with E-state index in [9.17, 15) is 4.79 Å². The fraction of sp³-hybridized carbons (Fsp3) is 0.318. The maximum absolute atomic E-state index is 12.5. The molecule has 0 saturated carbocycles. The van der Waals surface area contributed by atoms with Gasteiger partial charge in [-0.25, -0.2) is 0 Å². The van der Waals surface area contributed by atoms with E-state index in [1.54, 1.807) is 0 Å². The van der Waals surface area contributed by atoms with E-state index in [2.05, 4.69) is 66.6 Å². The average molecular weight is 395 g/mol. The number of amides is 1. The van der Waals surface area contributed by atoms with Crippen LogP contribution in [0.15, 0.2) is 35.5 Å². The molecule has 0 spiro atoms. The Morgan fingerprint density at radius 2 is 1.61 bits per heavy atom. The van der Waals surface area contributed by atoms with Crippen molar-refractivity contribution >= 4 is 23.4 Å². The summed E-state index contributed by atoms with van der Waals surface area (Å²) in [6.07, 6.45) is 0. The number of nitrogens with zero attached hydrogens (tertiary/aromatic N) is 3. The number of aromatic nitrogens is 3. The van der Waals surface area contributed by atoms with E-state index in [1.807, 2.05) is 25.3 Å². The highest BCUT2D eigenvalue weighted by Gasteiger charge is 2.15. The number of hydrogen-bond acceptors (Lipinski definition) is 4. The van der Waals surface area contributed by atoms with E-state index < -0.39 is 0 Å². The molecule has 0 unspecified atom stereocenters. The van der Waals surface area contributed by atoms with Gasteiger partial charge in [0.15, 0.2) is 5.16 Å². The number of benzene rings is 2. The van der Waals surface area contributed by atoms with Crippen LogP contribution in [0, 0.1) is 41.5 Å². The van der Waals surface area contributed by atoms with Gasteiger partial charge in [-0.15, -0.1) is 10.2 Å². The van der Waals surface area contributed by atoms with Crippen LogP contribution in [-0.4, -0.2) is 26.4 Å². The second-order valence-corrected chi connectivity index (χ2v) is 8.19. The third-order valence-corrected chi connectivity index (χ3v) is 5.75. The zero-order valence-electron chi connectivity index (χ0n) is 17.3. The van der Waals surface area contributed by atoms with Crippen molar-refractivity contribution in [2.45, 2.75) is 46.7 Å². The monoisotopic (exact) mass is 394 g/mol. The van der Waals surface area contributed by atoms with Gasteiger partial charge in [-0.05, 0) is 75.9 Å². The summed E-state index contributed by atoms with van der Waals surface area (Å²) < 4.78 is 1.99. The molecule has 0 aliphatic heterocycles. The largest absolute Gasteiger partial charge is 0.325 e. The zero-order chi connectivity index (χ0) is 20.4. The fourth-order valence-electron chi connectivity index (χ4n) is 3.28. The van der Waals surface area contributed by atoms with Crippen molar-refractivity contribution in [3.8, 4) is 5.69 Å². The van der Waals surface area contributed by atoms with E-state index in [0.717, 1.165) is 28.3 Å². The summed E-state index contributed by atoms with van der Waals surface area (Å²) in [7, 11) is 0. The number of thioether (sulfide) groups is 1. The van der Waals surface area contributed by atoms with E-state index in [0.29, 0.717) is 5.16 Å². The lowest BCUT2D eigenvalue weighted by molar-refractivity contribution is -0.113. The lowest BCUT2D eigenvalue weighted by atomic mass is 10.1. The van der Waals surface area contributed by atoms with E-state index in [4.69, 9.17) is 0 Å². The Morgan fingerprint density at radius 1 is 0.929 bits per heavy atom. The quantitative estimate of drug-likeness (QED) is 0.629. The van der Waals surface area contributed by atoms with Crippen LogP contribution < -0.4 is 5.32 Å². The highest BCUT2D eigenvalue weighted by atomic mass is 32.2. The van der Waals surface area contributed by atoms with Gasteiger partial charge in [-0.1, -0.05) is 35.5 Å². The van der Waals surface area contributed by atoms with Crippen LogP contribution in [0.1, 0.15) is 33.6 Å². The third-order valence-electron chi connectivity index (χ3n) is 4.82. The average Bonchev–Trinajstić information content (AvgIpc) is 2.99. The summed E-state index contributed by atoms with van der Waals surface area (Å²) in [5, 5.41) is 12.2. The minimum absolute atomic E-state index is 0.0488. The van der Waals surface area contributed by atoms with Crippen molar-refractivity contribution < 1.29 is 4.79 Å². The lowest BCUT2D eigenvalue weighted by Crippen LogP contribution is -2.16. The zero-order valence-corrected chi connectivity index (χ0v) is 18.1. The van der Waals surface area contributed by atoms with Crippen molar-refractivity contribution in [1.29, 1.82) is 0 Å². The number of anilines is 1. The SMILES string of the molecule is Cc1cc(C)c(NC(=O)CSc2nnc(C)n2-c2ccc(C)c(C)c2)c(C)c1. The van der Waals surface area contributed by atoms with Crippen molar-refractivity contribution in [1.82, 2.24) is 14.8 Å². The molecular formula is C22H26N4OS. The van der Waals surface area contributed by atoms with E-state index in [-0.39, 0.29) is 11.7 Å². The summed E-state index contributed by atoms with van der Waals surface area (Å²) in [4.78, 5) is 12.5. The summed E-state index contributed by atoms with van der Waals surface area (Å²) in [6.45, 7) is 12.2. The Labute approximate surface area is 170 Å². The van der Waals surface area contributed by atoms with Crippen LogP contribution in [0.2, 0.25) is 0 Å². The molecule has 0 aliphatic rings. The predicted molar refractivity (Wildman–Crippen MR) is 116 cm³/mol. The molecule has 0 aliphatic carbocycles. The number of rotatable bonds is 5. The number of nitrogens with one attached hydrogen (secondary N) is 1. The fourth-order valence-corrected chi connectivity index (χ4v) is 4.08. The van der Waals surface area contributed by atoms with Crippen molar-refractivity contribution in [2.75, 3.05) is 11.1 Å². The standard InChI is InChI=1S/C22H26N4OS/c1-13-9-16(4)21(17(5)10-13)23-20(27)12-28-22-25-24-18(6)26(22)19-8-7-14(2)15(3)11-19/h7-11H,12H2,1-6H3,(H,23,27). The lowest BCUT2D eigenvalue weighted by Gasteiger charge is -2.13. The molecule has 3 rings (SSSR count). The van der Waals surface area contributed by atoms with Gasteiger partial charge in [-0.3, -0.25) is 9.36 Å². The summed E-state index contributed by atoms with van der Waals surface area (Å²) in [5.74, 6) is 1.03. The first-order valence-electron chi connectivity index (χ1n) is 9.26. The van der Waals surface area contributed by atoms with Gasteiger partial charge in [0.2, 0.25) is 5.91 Å². The van der Waals surface area contributed by atoms with Gasteiger partial charge in [0, 0.05) is 11.4 Å². The summed E-state index contributed by atoms with van der Waals surface area (Å²) >= 11 is 1.39. The molecule has 5 nitrogen and oxygen atoms in total. The number of hydrogen-bond donors (Lipinski definition) is 1. The van der Waals surface area contributed by atoms with Crippen LogP contribution in [0.5, 0.6) is 0 Å². The Kier molecular flexibility index (Phi) is 5.89. The molecular weight excluding hydrogens is 368 g/mol. The molecule has 0 radical (unpaired) electrons. The first kappa shape index (κ1) is 20.1. The topological polar surface area (TPSA) is 59.8 Å². The van der Waals surface area contributed by atoms with Crippen LogP contribution >= 0.6 is 11.8 Å². The van der Waals surface area contributed by atoms with Crippen LogP contribution in [0.25, 0.3) is 5.69 Å². The Morgan fingerprint density at radius 3 is 2.25 bits per heavy atom. The smallest absolute Gasteiger partial charge is 0.234 e. The Bertz CT molecular complexity index is 1020. The van der Waals surface area contributed by atoms with Crippen LogP contribution in [-0.2, 0) is 4.79 Å². The second kappa shape index (κ2) is 8.19.